The monoisotopic (exact) mass is 292 g/mol. The molecular formula is C12H14Cl2O2S. The molecule has 1 rings (SSSR count). The predicted molar refractivity (Wildman–Crippen MR) is 75.7 cm³/mol. The van der Waals surface area contributed by atoms with Gasteiger partial charge in [0.1, 0.15) is 12.4 Å². The number of thiocarbonyl (C=S) groups is 1. The van der Waals surface area contributed by atoms with Crippen molar-refractivity contribution in [3.8, 4) is 5.75 Å². The smallest absolute Gasteiger partial charge is 0.191 e. The second kappa shape index (κ2) is 7.04. The van der Waals surface area contributed by atoms with E-state index in [0.29, 0.717) is 34.9 Å². The van der Waals surface area contributed by atoms with Crippen LogP contribution in [-0.2, 0) is 4.74 Å². The molecule has 0 fully saturated rings. The maximum Gasteiger partial charge on any atom is 0.191 e. The quantitative estimate of drug-likeness (QED) is 0.604. The van der Waals surface area contributed by atoms with Gasteiger partial charge in [-0.1, -0.05) is 11.6 Å². The molecule has 0 N–H and O–H groups in total. The Balaban J connectivity index is 3.05. The SMILES string of the molecule is CCOC(=S)c1ccc(Cl)c(OCCCl)c1C. The molecule has 0 unspecified atom stereocenters. The van der Waals surface area contributed by atoms with Crippen molar-refractivity contribution in [1.29, 1.82) is 0 Å². The van der Waals surface area contributed by atoms with Gasteiger partial charge in [-0.25, -0.2) is 0 Å². The molecule has 0 heterocycles. The highest BCUT2D eigenvalue weighted by molar-refractivity contribution is 7.80. The van der Waals surface area contributed by atoms with Gasteiger partial charge in [0.2, 0.25) is 0 Å². The third-order valence-corrected chi connectivity index (χ3v) is 2.97. The number of hydrogen-bond acceptors (Lipinski definition) is 3. The van der Waals surface area contributed by atoms with Gasteiger partial charge in [-0.15, -0.1) is 11.6 Å². The molecule has 0 spiro atoms. The standard InChI is InChI=1S/C12H14Cl2O2S/c1-3-15-12(17)9-4-5-10(14)11(8(9)2)16-7-6-13/h4-5H,3,6-7H2,1-2H3. The summed E-state index contributed by atoms with van der Waals surface area (Å²) in [6.45, 7) is 4.74. The van der Waals surface area contributed by atoms with E-state index in [0.717, 1.165) is 11.1 Å². The number of halogens is 2. The lowest BCUT2D eigenvalue weighted by Gasteiger charge is -2.14. The zero-order valence-electron chi connectivity index (χ0n) is 9.76. The van der Waals surface area contributed by atoms with E-state index in [1.165, 1.54) is 0 Å². The molecule has 0 radical (unpaired) electrons. The van der Waals surface area contributed by atoms with Gasteiger partial charge in [0.05, 0.1) is 17.5 Å². The van der Waals surface area contributed by atoms with Gasteiger partial charge in [-0.05, 0) is 38.2 Å². The number of benzene rings is 1. The molecule has 0 aromatic heterocycles. The molecule has 0 aliphatic heterocycles. The Labute approximate surface area is 117 Å². The summed E-state index contributed by atoms with van der Waals surface area (Å²) < 4.78 is 10.8. The normalized spacial score (nSPS) is 10.1. The first-order valence-corrected chi connectivity index (χ1v) is 6.58. The summed E-state index contributed by atoms with van der Waals surface area (Å²) in [7, 11) is 0. The third-order valence-electron chi connectivity index (χ3n) is 2.18. The van der Waals surface area contributed by atoms with Crippen molar-refractivity contribution in [3.63, 3.8) is 0 Å². The zero-order chi connectivity index (χ0) is 12.8. The molecule has 94 valence electrons. The van der Waals surface area contributed by atoms with Gasteiger partial charge in [0, 0.05) is 11.1 Å². The molecule has 0 amide bonds. The van der Waals surface area contributed by atoms with Crippen molar-refractivity contribution in [2.45, 2.75) is 13.8 Å². The van der Waals surface area contributed by atoms with E-state index in [9.17, 15) is 0 Å². The van der Waals surface area contributed by atoms with Crippen LogP contribution < -0.4 is 4.74 Å². The van der Waals surface area contributed by atoms with Crippen LogP contribution in [0.15, 0.2) is 12.1 Å². The van der Waals surface area contributed by atoms with Crippen molar-refractivity contribution in [2.75, 3.05) is 19.1 Å². The average molecular weight is 293 g/mol. The average Bonchev–Trinajstić information content (AvgIpc) is 2.29. The fraction of sp³-hybridized carbons (Fsp3) is 0.417. The lowest BCUT2D eigenvalue weighted by Crippen LogP contribution is -2.08. The van der Waals surface area contributed by atoms with E-state index in [-0.39, 0.29) is 0 Å². The first-order chi connectivity index (χ1) is 8.11. The summed E-state index contributed by atoms with van der Waals surface area (Å²) in [5, 5.41) is 1.01. The van der Waals surface area contributed by atoms with Crippen LogP contribution in [-0.4, -0.2) is 24.1 Å². The van der Waals surface area contributed by atoms with Crippen molar-refractivity contribution in [1.82, 2.24) is 0 Å². The lowest BCUT2D eigenvalue weighted by molar-refractivity contribution is 0.333. The molecule has 0 aliphatic carbocycles. The van der Waals surface area contributed by atoms with Gasteiger partial charge in [-0.3, -0.25) is 0 Å². The van der Waals surface area contributed by atoms with E-state index in [1.807, 2.05) is 19.9 Å². The molecule has 2 nitrogen and oxygen atoms in total. The summed E-state index contributed by atoms with van der Waals surface area (Å²) in [6.07, 6.45) is 0. The van der Waals surface area contributed by atoms with Crippen LogP contribution in [0.2, 0.25) is 5.02 Å². The Morgan fingerprint density at radius 1 is 1.41 bits per heavy atom. The molecule has 0 saturated carbocycles. The Kier molecular flexibility index (Phi) is 6.03. The zero-order valence-corrected chi connectivity index (χ0v) is 12.1. The van der Waals surface area contributed by atoms with E-state index in [2.05, 4.69) is 0 Å². The van der Waals surface area contributed by atoms with E-state index < -0.39 is 0 Å². The fourth-order valence-electron chi connectivity index (χ4n) is 1.41. The van der Waals surface area contributed by atoms with Crippen LogP contribution in [0.5, 0.6) is 5.75 Å². The molecule has 5 heteroatoms. The first kappa shape index (κ1) is 14.6. The van der Waals surface area contributed by atoms with Gasteiger partial charge in [0.25, 0.3) is 0 Å². The van der Waals surface area contributed by atoms with Gasteiger partial charge in [0.15, 0.2) is 5.05 Å². The largest absolute Gasteiger partial charge is 0.490 e. The summed E-state index contributed by atoms with van der Waals surface area (Å²) in [6, 6.07) is 3.59. The number of alkyl halides is 1. The maximum absolute atomic E-state index is 6.07. The van der Waals surface area contributed by atoms with Crippen LogP contribution in [0.1, 0.15) is 18.1 Å². The van der Waals surface area contributed by atoms with Crippen LogP contribution in [0.4, 0.5) is 0 Å². The lowest BCUT2D eigenvalue weighted by atomic mass is 10.1. The van der Waals surface area contributed by atoms with Crippen molar-refractivity contribution >= 4 is 40.5 Å². The summed E-state index contributed by atoms with van der Waals surface area (Å²) in [5.41, 5.74) is 1.71. The molecular weight excluding hydrogens is 279 g/mol. The topological polar surface area (TPSA) is 18.5 Å². The highest BCUT2D eigenvalue weighted by Crippen LogP contribution is 2.31. The van der Waals surface area contributed by atoms with E-state index >= 15 is 0 Å². The van der Waals surface area contributed by atoms with Gasteiger partial charge in [-0.2, -0.15) is 0 Å². The highest BCUT2D eigenvalue weighted by Gasteiger charge is 2.13. The van der Waals surface area contributed by atoms with Crippen LogP contribution >= 0.6 is 35.4 Å². The minimum absolute atomic E-state index is 0.410. The highest BCUT2D eigenvalue weighted by atomic mass is 35.5. The molecule has 0 aliphatic rings. The summed E-state index contributed by atoms with van der Waals surface area (Å²) >= 11 is 16.8. The molecule has 0 bridgehead atoms. The number of rotatable bonds is 5. The first-order valence-electron chi connectivity index (χ1n) is 5.26. The number of hydrogen-bond donors (Lipinski definition) is 0. The van der Waals surface area contributed by atoms with Crippen molar-refractivity contribution < 1.29 is 9.47 Å². The van der Waals surface area contributed by atoms with E-state index in [4.69, 9.17) is 44.9 Å². The molecule has 0 saturated heterocycles. The second-order valence-electron chi connectivity index (χ2n) is 3.31. The van der Waals surface area contributed by atoms with Crippen LogP contribution in [0.25, 0.3) is 0 Å². The Morgan fingerprint density at radius 3 is 2.71 bits per heavy atom. The third kappa shape index (κ3) is 3.73. The Morgan fingerprint density at radius 2 is 2.12 bits per heavy atom. The van der Waals surface area contributed by atoms with Gasteiger partial charge < -0.3 is 9.47 Å². The molecule has 1 aromatic carbocycles. The second-order valence-corrected chi connectivity index (χ2v) is 4.46. The van der Waals surface area contributed by atoms with E-state index in [1.54, 1.807) is 6.07 Å². The minimum Gasteiger partial charge on any atom is -0.490 e. The number of ether oxygens (including phenoxy) is 2. The summed E-state index contributed by atoms with van der Waals surface area (Å²) in [5.74, 6) is 1.03. The Hall–Kier alpha value is -0.510. The molecule has 0 atom stereocenters. The molecule has 1 aromatic rings. The summed E-state index contributed by atoms with van der Waals surface area (Å²) in [4.78, 5) is 0. The maximum atomic E-state index is 6.07. The van der Waals surface area contributed by atoms with Crippen molar-refractivity contribution in [2.24, 2.45) is 0 Å². The van der Waals surface area contributed by atoms with Crippen molar-refractivity contribution in [3.05, 3.63) is 28.3 Å². The van der Waals surface area contributed by atoms with Crippen LogP contribution in [0, 0.1) is 6.92 Å². The Bertz CT molecular complexity index is 408. The minimum atomic E-state index is 0.410. The fourth-order valence-corrected chi connectivity index (χ4v) is 2.08. The van der Waals surface area contributed by atoms with Crippen LogP contribution in [0.3, 0.4) is 0 Å². The van der Waals surface area contributed by atoms with Gasteiger partial charge >= 0.3 is 0 Å². The molecule has 17 heavy (non-hydrogen) atoms. The predicted octanol–water partition coefficient (Wildman–Crippen LogP) is 3.98.